The molecular weight excluding hydrogens is 380 g/mol. The van der Waals surface area contributed by atoms with Crippen molar-refractivity contribution < 1.29 is 36.6 Å². The van der Waals surface area contributed by atoms with E-state index < -0.39 is 47.4 Å². The Bertz CT molecular complexity index is 801. The summed E-state index contributed by atoms with van der Waals surface area (Å²) in [6, 6.07) is 4.66. The van der Waals surface area contributed by atoms with E-state index in [1.807, 2.05) is 0 Å². The minimum absolute atomic E-state index is 0.0595. The molecule has 3 unspecified atom stereocenters. The van der Waals surface area contributed by atoms with Crippen LogP contribution in [0.1, 0.15) is 34.7 Å². The first-order chi connectivity index (χ1) is 12.4. The fourth-order valence-corrected chi connectivity index (χ4v) is 2.29. The third-order valence-electron chi connectivity index (χ3n) is 3.63. The van der Waals surface area contributed by atoms with E-state index >= 15 is 0 Å². The summed E-state index contributed by atoms with van der Waals surface area (Å²) in [5, 5.41) is 29.6. The van der Waals surface area contributed by atoms with Gasteiger partial charge in [-0.3, -0.25) is 4.98 Å². The van der Waals surface area contributed by atoms with Gasteiger partial charge in [0.05, 0.1) is 18.3 Å². The zero-order valence-electron chi connectivity index (χ0n) is 13.2. The fourth-order valence-electron chi connectivity index (χ4n) is 2.29. The highest BCUT2D eigenvalue weighted by Crippen LogP contribution is 2.38. The summed E-state index contributed by atoms with van der Waals surface area (Å²) >= 11 is 0. The van der Waals surface area contributed by atoms with Crippen LogP contribution in [0.3, 0.4) is 0 Å². The molecule has 2 N–H and O–H groups in total. The zero-order chi connectivity index (χ0) is 20.4. The molecule has 27 heavy (non-hydrogen) atoms. The molecule has 0 fully saturated rings. The molecule has 0 radical (unpaired) electrons. The van der Waals surface area contributed by atoms with Crippen molar-refractivity contribution in [1.29, 1.82) is 5.26 Å². The van der Waals surface area contributed by atoms with Crippen molar-refractivity contribution in [3.63, 3.8) is 0 Å². The molecule has 0 amide bonds. The average molecular weight is 391 g/mol. The lowest BCUT2D eigenvalue weighted by atomic mass is 9.88. The van der Waals surface area contributed by atoms with Crippen molar-refractivity contribution in [2.45, 2.75) is 24.6 Å². The van der Waals surface area contributed by atoms with E-state index in [9.17, 15) is 41.8 Å². The number of halogens is 6. The van der Waals surface area contributed by atoms with E-state index in [0.29, 0.717) is 0 Å². The Kier molecular flexibility index (Phi) is 5.72. The van der Waals surface area contributed by atoms with Crippen molar-refractivity contribution in [3.05, 3.63) is 59.2 Å². The van der Waals surface area contributed by atoms with Gasteiger partial charge in [-0.2, -0.15) is 31.6 Å². The van der Waals surface area contributed by atoms with Gasteiger partial charge in [-0.15, -0.1) is 0 Å². The summed E-state index contributed by atoms with van der Waals surface area (Å²) in [7, 11) is 0. The maximum absolute atomic E-state index is 12.9. The summed E-state index contributed by atoms with van der Waals surface area (Å²) in [6.45, 7) is 0. The van der Waals surface area contributed by atoms with Gasteiger partial charge in [0, 0.05) is 18.0 Å². The normalized spacial score (nSPS) is 15.7. The number of rotatable bonds is 4. The first-order valence-electron chi connectivity index (χ1n) is 7.27. The number of hydrogen-bond donors (Lipinski definition) is 2. The van der Waals surface area contributed by atoms with Crippen LogP contribution in [0, 0.1) is 17.2 Å². The van der Waals surface area contributed by atoms with Gasteiger partial charge in [-0.1, -0.05) is 6.07 Å². The molecule has 2 aromatic heterocycles. The molecule has 0 spiro atoms. The van der Waals surface area contributed by atoms with Crippen LogP contribution in [-0.4, -0.2) is 20.2 Å². The van der Waals surface area contributed by atoms with Gasteiger partial charge >= 0.3 is 12.4 Å². The third-order valence-corrected chi connectivity index (χ3v) is 3.63. The average Bonchev–Trinajstić information content (AvgIpc) is 2.61. The summed E-state index contributed by atoms with van der Waals surface area (Å²) in [4.78, 5) is 6.22. The van der Waals surface area contributed by atoms with Crippen LogP contribution >= 0.6 is 0 Å². The smallest absolute Gasteiger partial charge is 0.387 e. The highest BCUT2D eigenvalue weighted by atomic mass is 19.4. The fraction of sp³-hybridized carbons (Fsp3) is 0.312. The van der Waals surface area contributed by atoms with Crippen LogP contribution in [0.2, 0.25) is 0 Å². The second-order valence-corrected chi connectivity index (χ2v) is 5.50. The number of pyridine rings is 2. The Morgan fingerprint density at radius 2 is 1.44 bits per heavy atom. The molecule has 11 heteroatoms. The van der Waals surface area contributed by atoms with Gasteiger partial charge in [0.2, 0.25) is 0 Å². The second-order valence-electron chi connectivity index (χ2n) is 5.50. The maximum atomic E-state index is 12.9. The van der Waals surface area contributed by atoms with Crippen molar-refractivity contribution >= 4 is 0 Å². The molecule has 0 aliphatic heterocycles. The van der Waals surface area contributed by atoms with Crippen molar-refractivity contribution in [1.82, 2.24) is 9.97 Å². The molecule has 0 saturated heterocycles. The Balaban J connectivity index is 2.50. The van der Waals surface area contributed by atoms with E-state index in [2.05, 4.69) is 9.97 Å². The zero-order valence-corrected chi connectivity index (χ0v) is 13.2. The van der Waals surface area contributed by atoms with Gasteiger partial charge < -0.3 is 10.2 Å². The Morgan fingerprint density at radius 1 is 0.926 bits per heavy atom. The molecular formula is C16H11F6N3O2. The first kappa shape index (κ1) is 20.6. The monoisotopic (exact) mass is 391 g/mol. The molecule has 3 atom stereocenters. The molecule has 144 valence electrons. The molecule has 2 aromatic rings. The molecule has 0 aliphatic rings. The van der Waals surface area contributed by atoms with Crippen LogP contribution in [-0.2, 0) is 12.4 Å². The summed E-state index contributed by atoms with van der Waals surface area (Å²) in [6.07, 6.45) is -11.8. The van der Waals surface area contributed by atoms with Crippen molar-refractivity contribution in [2.75, 3.05) is 0 Å². The molecule has 0 aliphatic carbocycles. The highest BCUT2D eigenvalue weighted by Gasteiger charge is 2.40. The second kappa shape index (κ2) is 7.50. The highest BCUT2D eigenvalue weighted by molar-refractivity contribution is 5.29. The predicted molar refractivity (Wildman–Crippen MR) is 77.5 cm³/mol. The Labute approximate surface area is 148 Å². The van der Waals surface area contributed by atoms with E-state index in [0.717, 1.165) is 6.20 Å². The van der Waals surface area contributed by atoms with Crippen molar-refractivity contribution in [3.8, 4) is 6.07 Å². The van der Waals surface area contributed by atoms with Gasteiger partial charge in [0.1, 0.15) is 17.3 Å². The van der Waals surface area contributed by atoms with Gasteiger partial charge in [0.15, 0.2) is 0 Å². The minimum atomic E-state index is -5.21. The van der Waals surface area contributed by atoms with Crippen LogP contribution < -0.4 is 0 Å². The topological polar surface area (TPSA) is 90.0 Å². The summed E-state index contributed by atoms with van der Waals surface area (Å²) < 4.78 is 77.2. The molecule has 2 heterocycles. The first-order valence-corrected chi connectivity index (χ1v) is 7.27. The molecule has 2 rings (SSSR count). The third kappa shape index (κ3) is 4.72. The number of nitrogens with zero attached hydrogens (tertiary/aromatic N) is 3. The largest absolute Gasteiger partial charge is 0.433 e. The van der Waals surface area contributed by atoms with Gasteiger partial charge in [0.25, 0.3) is 0 Å². The number of nitriles is 1. The maximum Gasteiger partial charge on any atom is 0.433 e. The van der Waals surface area contributed by atoms with Crippen LogP contribution in [0.5, 0.6) is 0 Å². The van der Waals surface area contributed by atoms with E-state index in [1.54, 1.807) is 0 Å². The number of aliphatic hydroxyl groups is 2. The number of alkyl halides is 6. The number of aromatic nitrogens is 2. The number of hydrogen-bond acceptors (Lipinski definition) is 5. The SMILES string of the molecule is N#CC(C(O)c1cccnc1)C(O)c1cc(C(F)(F)F)nc(C(F)(F)F)c1. The molecule has 5 nitrogen and oxygen atoms in total. The van der Waals surface area contributed by atoms with Crippen LogP contribution in [0.4, 0.5) is 26.3 Å². The standard InChI is InChI=1S/C16H11F6N3O2/c17-15(18,19)11-4-9(5-12(25-11)16(20,21)22)14(27)10(6-23)13(26)8-2-1-3-24-7-8/h1-5,7,10,13-14,26-27H. The minimum Gasteiger partial charge on any atom is -0.387 e. The van der Waals surface area contributed by atoms with E-state index in [4.69, 9.17) is 0 Å². The predicted octanol–water partition coefficient (Wildman–Crippen LogP) is 3.42. The molecule has 0 saturated carbocycles. The Hall–Kier alpha value is -2.71. The van der Waals surface area contributed by atoms with Gasteiger partial charge in [-0.25, -0.2) is 4.98 Å². The lowest BCUT2D eigenvalue weighted by molar-refractivity contribution is -0.150. The van der Waals surface area contributed by atoms with Crippen LogP contribution in [0.25, 0.3) is 0 Å². The lowest BCUT2D eigenvalue weighted by Crippen LogP contribution is -2.22. The molecule has 0 aromatic carbocycles. The molecule has 0 bridgehead atoms. The Morgan fingerprint density at radius 3 is 1.85 bits per heavy atom. The number of aliphatic hydroxyl groups excluding tert-OH is 2. The van der Waals surface area contributed by atoms with Crippen molar-refractivity contribution in [2.24, 2.45) is 5.92 Å². The van der Waals surface area contributed by atoms with Crippen LogP contribution in [0.15, 0.2) is 36.7 Å². The van der Waals surface area contributed by atoms with Gasteiger partial charge in [-0.05, 0) is 23.8 Å². The quantitative estimate of drug-likeness (QED) is 0.780. The summed E-state index contributed by atoms with van der Waals surface area (Å²) in [5.41, 5.74) is -4.54. The summed E-state index contributed by atoms with van der Waals surface area (Å²) in [5.74, 6) is -1.75. The lowest BCUT2D eigenvalue weighted by Gasteiger charge is -2.23. The van der Waals surface area contributed by atoms with E-state index in [1.165, 1.54) is 24.4 Å². The van der Waals surface area contributed by atoms with E-state index in [-0.39, 0.29) is 17.7 Å².